The van der Waals surface area contributed by atoms with E-state index >= 15 is 0 Å². The van der Waals surface area contributed by atoms with Crippen LogP contribution in [-0.2, 0) is 20.7 Å². The van der Waals surface area contributed by atoms with E-state index in [0.29, 0.717) is 17.4 Å². The molecule has 4 rings (SSSR count). The van der Waals surface area contributed by atoms with E-state index < -0.39 is 30.3 Å². The van der Waals surface area contributed by atoms with E-state index in [0.717, 1.165) is 9.78 Å². The first kappa shape index (κ1) is 20.4. The third-order valence-electron chi connectivity index (χ3n) is 4.49. The van der Waals surface area contributed by atoms with Gasteiger partial charge in [0.15, 0.2) is 6.61 Å². The van der Waals surface area contributed by atoms with Gasteiger partial charge in [-0.25, -0.2) is 0 Å². The highest BCUT2D eigenvalue weighted by molar-refractivity contribution is 7.13. The van der Waals surface area contributed by atoms with Gasteiger partial charge in [-0.3, -0.25) is 24.1 Å². The number of fused-ring (bicyclic) bond motifs is 1. The summed E-state index contributed by atoms with van der Waals surface area (Å²) < 4.78 is 10.1. The van der Waals surface area contributed by atoms with Crippen molar-refractivity contribution in [1.82, 2.24) is 15.0 Å². The number of aryl methyl sites for hydroxylation is 1. The molecule has 0 saturated heterocycles. The average molecular weight is 440 g/mol. The second-order valence-electron chi connectivity index (χ2n) is 6.63. The molecule has 0 saturated carbocycles. The number of esters is 1. The highest BCUT2D eigenvalue weighted by Crippen LogP contribution is 2.25. The maximum Gasteiger partial charge on any atom is 0.306 e. The molecule has 31 heavy (non-hydrogen) atoms. The average Bonchev–Trinajstić information content (AvgIpc) is 3.49. The van der Waals surface area contributed by atoms with Crippen LogP contribution in [0.2, 0.25) is 0 Å². The number of amides is 3. The number of anilines is 1. The fourth-order valence-electron chi connectivity index (χ4n) is 2.93. The Bertz CT molecular complexity index is 1170. The number of benzene rings is 1. The lowest BCUT2D eigenvalue weighted by Crippen LogP contribution is -2.24. The summed E-state index contributed by atoms with van der Waals surface area (Å²) in [6.45, 7) is -0.493. The van der Waals surface area contributed by atoms with Crippen molar-refractivity contribution in [2.24, 2.45) is 0 Å². The van der Waals surface area contributed by atoms with E-state index in [1.54, 1.807) is 0 Å². The number of hydrogen-bond acceptors (Lipinski definition) is 9. The lowest BCUT2D eigenvalue weighted by atomic mass is 10.1. The van der Waals surface area contributed by atoms with Crippen LogP contribution < -0.4 is 5.32 Å². The molecule has 0 bridgehead atoms. The molecule has 1 aliphatic heterocycles. The van der Waals surface area contributed by atoms with E-state index in [9.17, 15) is 19.2 Å². The molecule has 2 aromatic heterocycles. The van der Waals surface area contributed by atoms with Crippen molar-refractivity contribution in [3.05, 3.63) is 52.7 Å². The second kappa shape index (κ2) is 8.48. The standard InChI is InChI=1S/C20H16N4O6S/c1-24-19(27)12-5-4-11(9-13(12)20(24)28)21-15(25)10-29-17(26)7-6-16-22-18(23-30-16)14-3-2-8-31-14/h2-5,8-9H,6-7,10H2,1H3,(H,21,25). The number of ether oxygens (including phenoxy) is 1. The summed E-state index contributed by atoms with van der Waals surface area (Å²) in [4.78, 5) is 53.9. The molecule has 1 aromatic carbocycles. The number of rotatable bonds is 7. The van der Waals surface area contributed by atoms with Crippen molar-refractivity contribution < 1.29 is 28.4 Å². The number of carbonyl (C=O) groups is 4. The molecule has 3 aromatic rings. The number of imide groups is 1. The van der Waals surface area contributed by atoms with Gasteiger partial charge in [0.05, 0.1) is 22.4 Å². The van der Waals surface area contributed by atoms with Gasteiger partial charge in [-0.15, -0.1) is 11.3 Å². The molecule has 0 atom stereocenters. The summed E-state index contributed by atoms with van der Waals surface area (Å²) in [5.41, 5.74) is 0.812. The molecule has 11 heteroatoms. The minimum atomic E-state index is -0.595. The number of thiophene rings is 1. The number of hydrogen-bond donors (Lipinski definition) is 1. The molecule has 1 aliphatic rings. The quantitative estimate of drug-likeness (QED) is 0.437. The summed E-state index contributed by atoms with van der Waals surface area (Å²) in [5, 5.41) is 8.28. The van der Waals surface area contributed by atoms with Crippen molar-refractivity contribution in [2.75, 3.05) is 19.0 Å². The van der Waals surface area contributed by atoms with E-state index in [1.165, 1.54) is 36.6 Å². The fourth-order valence-corrected chi connectivity index (χ4v) is 3.57. The van der Waals surface area contributed by atoms with Gasteiger partial charge in [0, 0.05) is 19.2 Å². The van der Waals surface area contributed by atoms with Crippen molar-refractivity contribution in [1.29, 1.82) is 0 Å². The maximum atomic E-state index is 12.0. The predicted molar refractivity (Wildman–Crippen MR) is 108 cm³/mol. The van der Waals surface area contributed by atoms with E-state index in [1.807, 2.05) is 17.5 Å². The Morgan fingerprint density at radius 2 is 2.00 bits per heavy atom. The third kappa shape index (κ3) is 4.36. The van der Waals surface area contributed by atoms with Gasteiger partial charge in [0.25, 0.3) is 17.7 Å². The SMILES string of the molecule is CN1C(=O)c2ccc(NC(=O)COC(=O)CCc3nc(-c4cccs4)no3)cc2C1=O. The Balaban J connectivity index is 1.24. The van der Waals surface area contributed by atoms with Crippen LogP contribution in [0.3, 0.4) is 0 Å². The van der Waals surface area contributed by atoms with Gasteiger partial charge in [0.1, 0.15) is 0 Å². The van der Waals surface area contributed by atoms with Gasteiger partial charge in [0.2, 0.25) is 11.7 Å². The zero-order chi connectivity index (χ0) is 22.0. The van der Waals surface area contributed by atoms with Crippen molar-refractivity contribution in [3.8, 4) is 10.7 Å². The Hall–Kier alpha value is -3.86. The molecule has 0 spiro atoms. The molecule has 0 fully saturated rings. The van der Waals surface area contributed by atoms with Crippen LogP contribution in [0, 0.1) is 0 Å². The van der Waals surface area contributed by atoms with Gasteiger partial charge in [-0.05, 0) is 29.6 Å². The van der Waals surface area contributed by atoms with Crippen LogP contribution in [0.15, 0.2) is 40.2 Å². The zero-order valence-corrected chi connectivity index (χ0v) is 17.1. The Morgan fingerprint density at radius 1 is 1.19 bits per heavy atom. The van der Waals surface area contributed by atoms with Crippen LogP contribution >= 0.6 is 11.3 Å². The van der Waals surface area contributed by atoms with E-state index in [2.05, 4.69) is 15.5 Å². The number of nitrogens with one attached hydrogen (secondary N) is 1. The highest BCUT2D eigenvalue weighted by atomic mass is 32.1. The summed E-state index contributed by atoms with van der Waals surface area (Å²) in [6, 6.07) is 8.12. The smallest absolute Gasteiger partial charge is 0.306 e. The lowest BCUT2D eigenvalue weighted by Gasteiger charge is -2.07. The summed E-state index contributed by atoms with van der Waals surface area (Å²) in [6.07, 6.45) is 0.161. The van der Waals surface area contributed by atoms with Crippen LogP contribution in [0.5, 0.6) is 0 Å². The van der Waals surface area contributed by atoms with Gasteiger partial charge < -0.3 is 14.6 Å². The number of nitrogens with zero attached hydrogens (tertiary/aromatic N) is 3. The Kier molecular flexibility index (Phi) is 5.58. The van der Waals surface area contributed by atoms with Crippen LogP contribution in [0.4, 0.5) is 5.69 Å². The highest BCUT2D eigenvalue weighted by Gasteiger charge is 2.32. The normalized spacial score (nSPS) is 12.7. The predicted octanol–water partition coefficient (Wildman–Crippen LogP) is 2.14. The third-order valence-corrected chi connectivity index (χ3v) is 5.36. The molecule has 0 aliphatic carbocycles. The molecule has 3 amide bonds. The van der Waals surface area contributed by atoms with Crippen LogP contribution in [-0.4, -0.2) is 52.4 Å². The molecule has 0 unspecified atom stereocenters. The maximum absolute atomic E-state index is 12.0. The first-order chi connectivity index (χ1) is 14.9. The molecule has 10 nitrogen and oxygen atoms in total. The molecule has 1 N–H and O–H groups in total. The first-order valence-electron chi connectivity index (χ1n) is 9.21. The molecular formula is C20H16N4O6S. The van der Waals surface area contributed by atoms with Gasteiger partial charge in [-0.1, -0.05) is 11.2 Å². The Morgan fingerprint density at radius 3 is 2.77 bits per heavy atom. The largest absolute Gasteiger partial charge is 0.456 e. The van der Waals surface area contributed by atoms with Crippen molar-refractivity contribution >= 4 is 40.7 Å². The minimum Gasteiger partial charge on any atom is -0.456 e. The summed E-state index contributed by atoms with van der Waals surface area (Å²) in [5.74, 6) is -1.24. The van der Waals surface area contributed by atoms with Gasteiger partial charge in [-0.2, -0.15) is 4.98 Å². The second-order valence-corrected chi connectivity index (χ2v) is 7.58. The van der Waals surface area contributed by atoms with Crippen LogP contribution in [0.1, 0.15) is 33.0 Å². The molecule has 0 radical (unpaired) electrons. The molecule has 158 valence electrons. The summed E-state index contributed by atoms with van der Waals surface area (Å²) >= 11 is 1.47. The topological polar surface area (TPSA) is 132 Å². The fraction of sp³-hybridized carbons (Fsp3) is 0.200. The van der Waals surface area contributed by atoms with Crippen LogP contribution in [0.25, 0.3) is 10.7 Å². The number of carbonyl (C=O) groups excluding carboxylic acids is 4. The Labute approximate surface area is 179 Å². The lowest BCUT2D eigenvalue weighted by molar-refractivity contribution is -0.147. The molecule has 3 heterocycles. The number of aromatic nitrogens is 2. The van der Waals surface area contributed by atoms with Crippen molar-refractivity contribution in [3.63, 3.8) is 0 Å². The zero-order valence-electron chi connectivity index (χ0n) is 16.3. The first-order valence-corrected chi connectivity index (χ1v) is 10.1. The summed E-state index contributed by atoms with van der Waals surface area (Å²) in [7, 11) is 1.39. The van der Waals surface area contributed by atoms with Gasteiger partial charge >= 0.3 is 5.97 Å². The monoisotopic (exact) mass is 440 g/mol. The van der Waals surface area contributed by atoms with E-state index in [-0.39, 0.29) is 24.0 Å². The van der Waals surface area contributed by atoms with E-state index in [4.69, 9.17) is 9.26 Å². The molecular weight excluding hydrogens is 424 g/mol. The minimum absolute atomic E-state index is 0.0266. The van der Waals surface area contributed by atoms with Crippen molar-refractivity contribution in [2.45, 2.75) is 12.8 Å².